The third-order valence-electron chi connectivity index (χ3n) is 8.60. The number of carboxylic acid groups (broad SMARTS) is 1. The minimum atomic E-state index is -0.994. The topological polar surface area (TPSA) is 102 Å². The van der Waals surface area contributed by atoms with Gasteiger partial charge in [0, 0.05) is 7.11 Å². The van der Waals surface area contributed by atoms with Crippen LogP contribution in [0.25, 0.3) is 0 Å². The molecule has 0 unspecified atom stereocenters. The fourth-order valence-electron chi connectivity index (χ4n) is 6.39. The molecule has 1 saturated carbocycles. The lowest BCUT2D eigenvalue weighted by molar-refractivity contribution is -0.162. The van der Waals surface area contributed by atoms with Crippen molar-refractivity contribution in [3.8, 4) is 5.75 Å². The number of carboxylic acids is 1. The minimum absolute atomic E-state index is 0.174. The van der Waals surface area contributed by atoms with E-state index in [-0.39, 0.29) is 30.7 Å². The first kappa shape index (κ1) is 30.4. The fourth-order valence-corrected chi connectivity index (χ4v) is 6.39. The molecule has 0 amide bonds. The molecule has 6 atom stereocenters. The molecule has 7 nitrogen and oxygen atoms in total. The predicted octanol–water partition coefficient (Wildman–Crippen LogP) is 5.73. The molecule has 0 spiro atoms. The Labute approximate surface area is 228 Å². The van der Waals surface area contributed by atoms with Crippen molar-refractivity contribution in [3.63, 3.8) is 0 Å². The van der Waals surface area contributed by atoms with Crippen LogP contribution in [0, 0.1) is 17.8 Å². The van der Waals surface area contributed by atoms with Gasteiger partial charge in [0.05, 0.1) is 6.10 Å². The van der Waals surface area contributed by atoms with Crippen molar-refractivity contribution in [1.29, 1.82) is 0 Å². The molecule has 2 aliphatic rings. The molecular weight excluding hydrogens is 484 g/mol. The number of aliphatic hydroxyl groups excluding tert-OH is 1. The van der Waals surface area contributed by atoms with Crippen LogP contribution in [0.1, 0.15) is 95.6 Å². The number of hydrogen-bond acceptors (Lipinski definition) is 6. The highest BCUT2D eigenvalue weighted by Crippen LogP contribution is 2.49. The summed E-state index contributed by atoms with van der Waals surface area (Å²) in [5.74, 6) is 0.141. The first-order valence-corrected chi connectivity index (χ1v) is 14.7. The van der Waals surface area contributed by atoms with Crippen molar-refractivity contribution < 1.29 is 34.0 Å². The Balaban J connectivity index is 1.62. The van der Waals surface area contributed by atoms with Gasteiger partial charge in [-0.05, 0) is 80.4 Å². The van der Waals surface area contributed by atoms with Crippen LogP contribution in [0.4, 0.5) is 0 Å². The average Bonchev–Trinajstić information content (AvgIpc) is 3.23. The fraction of sp³-hybridized carbons (Fsp3) is 0.742. The number of methoxy groups -OCH3 is 1. The maximum Gasteiger partial charge on any atom is 0.341 e. The van der Waals surface area contributed by atoms with E-state index in [0.29, 0.717) is 24.0 Å². The Bertz CT molecular complexity index is 885. The van der Waals surface area contributed by atoms with E-state index in [1.807, 2.05) is 12.1 Å². The number of aliphatic carboxylic acids is 1. The summed E-state index contributed by atoms with van der Waals surface area (Å²) in [6, 6.07) is 5.86. The second kappa shape index (κ2) is 15.5. The molecule has 0 heterocycles. The lowest BCUT2D eigenvalue weighted by atomic mass is 9.73. The quantitative estimate of drug-likeness (QED) is 0.195. The number of hydrogen-bond donors (Lipinski definition) is 2. The minimum Gasteiger partial charge on any atom is -0.482 e. The molecule has 1 fully saturated rings. The molecule has 7 heteroatoms. The Morgan fingerprint density at radius 1 is 1.05 bits per heavy atom. The van der Waals surface area contributed by atoms with E-state index in [2.05, 4.69) is 13.0 Å². The number of fused-ring (bicyclic) bond motifs is 2. The van der Waals surface area contributed by atoms with Gasteiger partial charge in [-0.25, -0.2) is 9.59 Å². The van der Waals surface area contributed by atoms with E-state index >= 15 is 0 Å². The standard InChI is InChI=1S/C31H48O7/c1-4-5-6-7-8-9-10-13-24(32)15-16-25-26-17-22-12-11-14-28(37-20-30(33)34)27(22)18-23(26)19-29(25)38-31(35)21(2)36-3/h11-12,14,21,23-26,29,32H,4-10,13,15-20H2,1-3H3,(H,33,34)/t21-,23+,24+,25-,26+,29-/m1/s1. The largest absolute Gasteiger partial charge is 0.482 e. The molecule has 1 aromatic carbocycles. The Hall–Kier alpha value is -2.12. The molecule has 214 valence electrons. The third-order valence-corrected chi connectivity index (χ3v) is 8.60. The molecule has 38 heavy (non-hydrogen) atoms. The summed E-state index contributed by atoms with van der Waals surface area (Å²) in [6.45, 7) is 3.57. The van der Waals surface area contributed by atoms with E-state index < -0.39 is 12.1 Å². The highest BCUT2D eigenvalue weighted by atomic mass is 16.6. The number of carbonyl (C=O) groups is 2. The highest BCUT2D eigenvalue weighted by molar-refractivity contribution is 5.74. The van der Waals surface area contributed by atoms with Crippen LogP contribution in [-0.2, 0) is 31.9 Å². The van der Waals surface area contributed by atoms with Crippen LogP contribution in [0.2, 0.25) is 0 Å². The summed E-state index contributed by atoms with van der Waals surface area (Å²) in [6.07, 6.45) is 12.2. The Morgan fingerprint density at radius 3 is 2.50 bits per heavy atom. The second-order valence-corrected chi connectivity index (χ2v) is 11.3. The SMILES string of the molecule is CCCCCCCCC[C@H](O)CC[C@@H]1[C@H]2Cc3cccc(OCC(=O)O)c3C[C@H]2C[C@H]1OC(=O)[C@@H](C)OC. The van der Waals surface area contributed by atoms with E-state index in [4.69, 9.17) is 19.3 Å². The number of rotatable bonds is 17. The number of carbonyl (C=O) groups excluding carboxylic acids is 1. The van der Waals surface area contributed by atoms with Crippen LogP contribution in [-0.4, -0.2) is 54.2 Å². The molecule has 0 radical (unpaired) electrons. The van der Waals surface area contributed by atoms with Crippen molar-refractivity contribution in [2.75, 3.05) is 13.7 Å². The zero-order valence-corrected chi connectivity index (χ0v) is 23.5. The number of ether oxygens (including phenoxy) is 3. The molecule has 0 aliphatic heterocycles. The third kappa shape index (κ3) is 8.70. The van der Waals surface area contributed by atoms with E-state index in [9.17, 15) is 14.7 Å². The highest BCUT2D eigenvalue weighted by Gasteiger charge is 2.47. The van der Waals surface area contributed by atoms with Crippen LogP contribution < -0.4 is 4.74 Å². The van der Waals surface area contributed by atoms with Gasteiger partial charge in [-0.3, -0.25) is 0 Å². The molecule has 0 bridgehead atoms. The van der Waals surface area contributed by atoms with E-state index in [1.54, 1.807) is 6.92 Å². The second-order valence-electron chi connectivity index (χ2n) is 11.3. The first-order valence-electron chi connectivity index (χ1n) is 14.7. The van der Waals surface area contributed by atoms with Gasteiger partial charge in [0.2, 0.25) is 0 Å². The van der Waals surface area contributed by atoms with Crippen molar-refractivity contribution in [2.45, 2.75) is 116 Å². The summed E-state index contributed by atoms with van der Waals surface area (Å²) in [5.41, 5.74) is 2.25. The molecule has 2 N–H and O–H groups in total. The van der Waals surface area contributed by atoms with Crippen molar-refractivity contribution >= 4 is 11.9 Å². The molecule has 3 rings (SSSR count). The van der Waals surface area contributed by atoms with Gasteiger partial charge in [-0.15, -0.1) is 0 Å². The molecule has 0 saturated heterocycles. The van der Waals surface area contributed by atoms with Crippen LogP contribution in [0.5, 0.6) is 5.75 Å². The van der Waals surface area contributed by atoms with Gasteiger partial charge in [0.15, 0.2) is 12.7 Å². The summed E-state index contributed by atoms with van der Waals surface area (Å²) >= 11 is 0. The summed E-state index contributed by atoms with van der Waals surface area (Å²) in [4.78, 5) is 23.7. The van der Waals surface area contributed by atoms with Gasteiger partial charge in [0.25, 0.3) is 0 Å². The normalized spacial score (nSPS) is 23.8. The number of aliphatic hydroxyl groups is 1. The summed E-state index contributed by atoms with van der Waals surface area (Å²) in [7, 11) is 1.51. The lowest BCUT2D eigenvalue weighted by Crippen LogP contribution is -2.32. The first-order chi connectivity index (χ1) is 18.3. The van der Waals surface area contributed by atoms with E-state index in [1.165, 1.54) is 51.2 Å². The average molecular weight is 533 g/mol. The van der Waals surface area contributed by atoms with Crippen LogP contribution in [0.15, 0.2) is 18.2 Å². The van der Waals surface area contributed by atoms with Crippen molar-refractivity contribution in [2.24, 2.45) is 17.8 Å². The number of unbranched alkanes of at least 4 members (excludes halogenated alkanes) is 6. The van der Waals surface area contributed by atoms with Gasteiger partial charge >= 0.3 is 11.9 Å². The molecule has 0 aromatic heterocycles. The maximum atomic E-state index is 12.6. The monoisotopic (exact) mass is 532 g/mol. The van der Waals surface area contributed by atoms with Gasteiger partial charge in [-0.2, -0.15) is 0 Å². The lowest BCUT2D eigenvalue weighted by Gasteiger charge is -2.33. The summed E-state index contributed by atoms with van der Waals surface area (Å²) < 4.78 is 16.8. The molecular formula is C31H48O7. The molecule has 1 aromatic rings. The van der Waals surface area contributed by atoms with Crippen LogP contribution >= 0.6 is 0 Å². The maximum absolute atomic E-state index is 12.6. The molecule has 2 aliphatic carbocycles. The van der Waals surface area contributed by atoms with Gasteiger partial charge in [0.1, 0.15) is 11.9 Å². The van der Waals surface area contributed by atoms with Crippen LogP contribution in [0.3, 0.4) is 0 Å². The zero-order valence-electron chi connectivity index (χ0n) is 23.5. The summed E-state index contributed by atoms with van der Waals surface area (Å²) in [5, 5.41) is 19.8. The van der Waals surface area contributed by atoms with Crippen molar-refractivity contribution in [3.05, 3.63) is 29.3 Å². The number of benzene rings is 1. The zero-order chi connectivity index (χ0) is 27.5. The van der Waals surface area contributed by atoms with Crippen molar-refractivity contribution in [1.82, 2.24) is 0 Å². The van der Waals surface area contributed by atoms with Gasteiger partial charge in [-0.1, -0.05) is 64.0 Å². The predicted molar refractivity (Wildman–Crippen MR) is 146 cm³/mol. The van der Waals surface area contributed by atoms with E-state index in [0.717, 1.165) is 44.1 Å². The Kier molecular flexibility index (Phi) is 12.4. The smallest absolute Gasteiger partial charge is 0.341 e. The number of esters is 1. The Morgan fingerprint density at radius 2 is 1.79 bits per heavy atom. The van der Waals surface area contributed by atoms with Gasteiger partial charge < -0.3 is 24.4 Å².